The summed E-state index contributed by atoms with van der Waals surface area (Å²) in [6, 6.07) is 6.20. The van der Waals surface area contributed by atoms with Gasteiger partial charge in [0.2, 0.25) is 0 Å². The highest BCUT2D eigenvalue weighted by molar-refractivity contribution is 5.73. The monoisotopic (exact) mass is 261 g/mol. The number of anilines is 1. The van der Waals surface area contributed by atoms with Crippen LogP contribution in [0.2, 0.25) is 0 Å². The van der Waals surface area contributed by atoms with Gasteiger partial charge in [0.15, 0.2) is 6.23 Å². The van der Waals surface area contributed by atoms with E-state index in [1.54, 1.807) is 16.9 Å². The number of halogens is 1. The molecule has 2 aromatic rings. The van der Waals surface area contributed by atoms with Gasteiger partial charge in [-0.2, -0.15) is 5.10 Å². The van der Waals surface area contributed by atoms with Crippen LogP contribution in [0, 0.1) is 5.82 Å². The first-order chi connectivity index (χ1) is 9.25. The topological polar surface area (TPSA) is 53.1 Å². The SMILES string of the molecule is Nc1ccc(F)cc1-c1ccnn1C1CCCCO1. The molecule has 0 amide bonds. The molecule has 1 atom stereocenters. The largest absolute Gasteiger partial charge is 0.398 e. The Morgan fingerprint density at radius 1 is 1.32 bits per heavy atom. The number of ether oxygens (including phenoxy) is 1. The maximum Gasteiger partial charge on any atom is 0.150 e. The highest BCUT2D eigenvalue weighted by Crippen LogP contribution is 2.31. The molecule has 2 N–H and O–H groups in total. The van der Waals surface area contributed by atoms with Crippen molar-refractivity contribution in [2.45, 2.75) is 25.5 Å². The molecular formula is C14H16FN3O. The fraction of sp³-hybridized carbons (Fsp3) is 0.357. The van der Waals surface area contributed by atoms with E-state index in [0.29, 0.717) is 11.3 Å². The molecule has 4 nitrogen and oxygen atoms in total. The Morgan fingerprint density at radius 2 is 2.21 bits per heavy atom. The van der Waals surface area contributed by atoms with E-state index in [9.17, 15) is 4.39 Å². The molecule has 0 bridgehead atoms. The normalized spacial score (nSPS) is 19.5. The Kier molecular flexibility index (Phi) is 3.21. The molecule has 3 rings (SSSR count). The molecule has 0 spiro atoms. The lowest BCUT2D eigenvalue weighted by Gasteiger charge is -2.24. The average Bonchev–Trinajstić information content (AvgIpc) is 2.91. The molecule has 2 heterocycles. The summed E-state index contributed by atoms with van der Waals surface area (Å²) in [5.41, 5.74) is 7.93. The lowest BCUT2D eigenvalue weighted by atomic mass is 10.1. The number of nitrogens with zero attached hydrogens (tertiary/aromatic N) is 2. The number of nitrogen functional groups attached to an aromatic ring is 1. The van der Waals surface area contributed by atoms with E-state index >= 15 is 0 Å². The summed E-state index contributed by atoms with van der Waals surface area (Å²) in [5, 5.41) is 4.30. The van der Waals surface area contributed by atoms with Crippen molar-refractivity contribution in [1.29, 1.82) is 0 Å². The molecule has 1 aromatic heterocycles. The summed E-state index contributed by atoms with van der Waals surface area (Å²) < 4.78 is 20.9. The van der Waals surface area contributed by atoms with E-state index in [4.69, 9.17) is 10.5 Å². The number of hydrogen-bond donors (Lipinski definition) is 1. The first-order valence-electron chi connectivity index (χ1n) is 6.46. The lowest BCUT2D eigenvalue weighted by Crippen LogP contribution is -2.20. The molecule has 0 radical (unpaired) electrons. The van der Waals surface area contributed by atoms with Crippen molar-refractivity contribution in [1.82, 2.24) is 9.78 Å². The highest BCUT2D eigenvalue weighted by atomic mass is 19.1. The maximum atomic E-state index is 13.4. The summed E-state index contributed by atoms with van der Waals surface area (Å²) in [7, 11) is 0. The average molecular weight is 261 g/mol. The van der Waals surface area contributed by atoms with Crippen molar-refractivity contribution in [2.75, 3.05) is 12.3 Å². The van der Waals surface area contributed by atoms with Gasteiger partial charge in [0.1, 0.15) is 5.82 Å². The maximum absolute atomic E-state index is 13.4. The Bertz CT molecular complexity index is 576. The number of hydrogen-bond acceptors (Lipinski definition) is 3. The molecule has 5 heteroatoms. The second-order valence-electron chi connectivity index (χ2n) is 4.71. The van der Waals surface area contributed by atoms with Gasteiger partial charge in [0.25, 0.3) is 0 Å². The van der Waals surface area contributed by atoms with E-state index in [1.165, 1.54) is 12.1 Å². The van der Waals surface area contributed by atoms with Crippen LogP contribution in [0.3, 0.4) is 0 Å². The van der Waals surface area contributed by atoms with Crippen molar-refractivity contribution in [3.63, 3.8) is 0 Å². The zero-order chi connectivity index (χ0) is 13.2. The summed E-state index contributed by atoms with van der Waals surface area (Å²) in [6.45, 7) is 0.739. The van der Waals surface area contributed by atoms with Crippen molar-refractivity contribution in [3.05, 3.63) is 36.3 Å². The molecule has 1 aliphatic heterocycles. The second kappa shape index (κ2) is 5.01. The molecule has 1 fully saturated rings. The van der Waals surface area contributed by atoms with Crippen molar-refractivity contribution >= 4 is 5.69 Å². The first kappa shape index (κ1) is 12.2. The van der Waals surface area contributed by atoms with Crippen LogP contribution in [-0.2, 0) is 4.74 Å². The van der Waals surface area contributed by atoms with Gasteiger partial charge in [-0.3, -0.25) is 0 Å². The number of aromatic nitrogens is 2. The molecule has 1 unspecified atom stereocenters. The molecule has 0 aliphatic carbocycles. The fourth-order valence-electron chi connectivity index (χ4n) is 2.42. The second-order valence-corrected chi connectivity index (χ2v) is 4.71. The molecule has 19 heavy (non-hydrogen) atoms. The van der Waals surface area contributed by atoms with Gasteiger partial charge >= 0.3 is 0 Å². The minimum Gasteiger partial charge on any atom is -0.398 e. The van der Waals surface area contributed by atoms with Crippen LogP contribution in [0.25, 0.3) is 11.3 Å². The predicted molar refractivity (Wildman–Crippen MR) is 70.9 cm³/mol. The number of rotatable bonds is 2. The van der Waals surface area contributed by atoms with Crippen LogP contribution >= 0.6 is 0 Å². The van der Waals surface area contributed by atoms with Gasteiger partial charge in [-0.25, -0.2) is 9.07 Å². The van der Waals surface area contributed by atoms with Crippen LogP contribution in [-0.4, -0.2) is 16.4 Å². The van der Waals surface area contributed by atoms with Gasteiger partial charge in [-0.15, -0.1) is 0 Å². The summed E-state index contributed by atoms with van der Waals surface area (Å²) in [5.74, 6) is -0.304. The first-order valence-corrected chi connectivity index (χ1v) is 6.46. The Morgan fingerprint density at radius 3 is 3.00 bits per heavy atom. The van der Waals surface area contributed by atoms with Gasteiger partial charge in [-0.05, 0) is 43.5 Å². The summed E-state index contributed by atoms with van der Waals surface area (Å²) in [4.78, 5) is 0. The van der Waals surface area contributed by atoms with Crippen LogP contribution < -0.4 is 5.73 Å². The third-order valence-electron chi connectivity index (χ3n) is 3.39. The Hall–Kier alpha value is -1.88. The zero-order valence-corrected chi connectivity index (χ0v) is 10.6. The van der Waals surface area contributed by atoms with Gasteiger partial charge in [0, 0.05) is 24.1 Å². The third kappa shape index (κ3) is 2.33. The van der Waals surface area contributed by atoms with Crippen molar-refractivity contribution < 1.29 is 9.13 Å². The standard InChI is InChI=1S/C14H16FN3O/c15-10-4-5-12(16)11(9-10)13-6-7-17-18(13)14-3-1-2-8-19-14/h4-7,9,14H,1-3,8,16H2. The van der Waals surface area contributed by atoms with Gasteiger partial charge in [0.05, 0.1) is 5.69 Å². The minimum absolute atomic E-state index is 0.0820. The predicted octanol–water partition coefficient (Wildman–Crippen LogP) is 2.97. The van der Waals surface area contributed by atoms with E-state index < -0.39 is 0 Å². The quantitative estimate of drug-likeness (QED) is 0.845. The number of benzene rings is 1. The fourth-order valence-corrected chi connectivity index (χ4v) is 2.42. The molecule has 0 saturated carbocycles. The van der Waals surface area contributed by atoms with Crippen molar-refractivity contribution in [2.24, 2.45) is 0 Å². The Labute approximate surface area is 111 Å². The smallest absolute Gasteiger partial charge is 0.150 e. The van der Waals surface area contributed by atoms with Gasteiger partial charge < -0.3 is 10.5 Å². The van der Waals surface area contributed by atoms with Crippen LogP contribution in [0.4, 0.5) is 10.1 Å². The van der Waals surface area contributed by atoms with Gasteiger partial charge in [-0.1, -0.05) is 0 Å². The van der Waals surface area contributed by atoms with E-state index in [-0.39, 0.29) is 12.0 Å². The van der Waals surface area contributed by atoms with E-state index in [1.807, 2.05) is 6.07 Å². The van der Waals surface area contributed by atoms with Crippen LogP contribution in [0.15, 0.2) is 30.5 Å². The molecular weight excluding hydrogens is 245 g/mol. The zero-order valence-electron chi connectivity index (χ0n) is 10.6. The summed E-state index contributed by atoms with van der Waals surface area (Å²) in [6.07, 6.45) is 4.72. The van der Waals surface area contributed by atoms with Crippen LogP contribution in [0.5, 0.6) is 0 Å². The number of nitrogens with two attached hydrogens (primary N) is 1. The molecule has 100 valence electrons. The third-order valence-corrected chi connectivity index (χ3v) is 3.39. The van der Waals surface area contributed by atoms with Crippen molar-refractivity contribution in [3.8, 4) is 11.3 Å². The minimum atomic E-state index is -0.304. The van der Waals surface area contributed by atoms with E-state index in [0.717, 1.165) is 31.6 Å². The molecule has 1 aliphatic rings. The Balaban J connectivity index is 2.01. The van der Waals surface area contributed by atoms with E-state index in [2.05, 4.69) is 5.10 Å². The molecule has 1 saturated heterocycles. The molecule has 1 aromatic carbocycles. The highest BCUT2D eigenvalue weighted by Gasteiger charge is 2.20. The van der Waals surface area contributed by atoms with Crippen LogP contribution in [0.1, 0.15) is 25.5 Å². The summed E-state index contributed by atoms with van der Waals surface area (Å²) >= 11 is 0. The lowest BCUT2D eigenvalue weighted by molar-refractivity contribution is -0.0383.